The Morgan fingerprint density at radius 1 is 1.14 bits per heavy atom. The Hall–Kier alpha value is -2.82. The van der Waals surface area contributed by atoms with E-state index >= 15 is 4.39 Å². The second kappa shape index (κ2) is 7.84. The number of carbonyl (C=O) groups is 1. The topological polar surface area (TPSA) is 97.2 Å². The van der Waals surface area contributed by atoms with E-state index in [1.54, 1.807) is 19.1 Å². The van der Waals surface area contributed by atoms with Gasteiger partial charge in [0.05, 0.1) is 36.0 Å². The molecule has 0 bridgehead atoms. The van der Waals surface area contributed by atoms with Crippen molar-refractivity contribution in [3.63, 3.8) is 0 Å². The molecule has 0 spiro atoms. The van der Waals surface area contributed by atoms with Crippen molar-refractivity contribution in [1.82, 2.24) is 0 Å². The van der Waals surface area contributed by atoms with Gasteiger partial charge in [-0.25, -0.2) is 4.39 Å². The number of aliphatic hydroxyl groups excluding tert-OH is 2. The zero-order valence-corrected chi connectivity index (χ0v) is 19.5. The molecule has 1 amide bonds. The summed E-state index contributed by atoms with van der Waals surface area (Å²) < 4.78 is 56.9. The van der Waals surface area contributed by atoms with Crippen molar-refractivity contribution in [2.45, 2.75) is 61.9 Å². The summed E-state index contributed by atoms with van der Waals surface area (Å²) in [5.74, 6) is -1.42. The number of amides is 1. The van der Waals surface area contributed by atoms with Crippen molar-refractivity contribution in [2.24, 2.45) is 5.92 Å². The van der Waals surface area contributed by atoms with Crippen LogP contribution in [0, 0.1) is 11.7 Å². The fourth-order valence-electron chi connectivity index (χ4n) is 6.11. The molecule has 4 aliphatic rings. The quantitative estimate of drug-likeness (QED) is 0.575. The van der Waals surface area contributed by atoms with E-state index in [0.29, 0.717) is 31.2 Å². The third-order valence-corrected chi connectivity index (χ3v) is 8.20. The van der Waals surface area contributed by atoms with E-state index in [2.05, 4.69) is 14.8 Å². The van der Waals surface area contributed by atoms with Crippen LogP contribution in [0.1, 0.15) is 48.8 Å². The molecular weight excluding hydrogens is 479 g/mol. The van der Waals surface area contributed by atoms with Crippen LogP contribution in [0.25, 0.3) is 0 Å². The fraction of sp³-hybridized carbons (Fsp3) is 0.500. The molecule has 0 radical (unpaired) electrons. The molecule has 0 aromatic heterocycles. The number of ether oxygens (including phenoxy) is 3. The molecule has 4 atom stereocenters. The maximum absolute atomic E-state index is 15.2. The van der Waals surface area contributed by atoms with Crippen LogP contribution in [0.2, 0.25) is 0 Å². The highest BCUT2D eigenvalue weighted by atomic mass is 19.3. The van der Waals surface area contributed by atoms with Gasteiger partial charge in [-0.2, -0.15) is 0 Å². The number of rotatable bonds is 5. The first-order valence-corrected chi connectivity index (χ1v) is 12.0. The molecule has 1 saturated heterocycles. The number of alkyl halides is 2. The Morgan fingerprint density at radius 2 is 1.89 bits per heavy atom. The summed E-state index contributed by atoms with van der Waals surface area (Å²) in [5, 5.41) is 22.4. The van der Waals surface area contributed by atoms with Crippen LogP contribution in [-0.2, 0) is 21.4 Å². The predicted octanol–water partition coefficient (Wildman–Crippen LogP) is 3.61. The second-order valence-corrected chi connectivity index (χ2v) is 10.4. The molecule has 10 heteroatoms. The first kappa shape index (κ1) is 23.6. The summed E-state index contributed by atoms with van der Waals surface area (Å²) in [6.07, 6.45) is -2.17. The van der Waals surface area contributed by atoms with Crippen LogP contribution in [0.15, 0.2) is 30.3 Å². The van der Waals surface area contributed by atoms with Crippen LogP contribution < -0.4 is 14.8 Å². The number of halogens is 3. The summed E-state index contributed by atoms with van der Waals surface area (Å²) in [4.78, 5) is 13.3. The Morgan fingerprint density at radius 3 is 2.58 bits per heavy atom. The molecule has 6 rings (SSSR count). The minimum Gasteiger partial charge on any atom is -0.395 e. The number of hydrogen-bond acceptors (Lipinski definition) is 6. The SMILES string of the molecule is CC1(CO)O[C@@H](CO)CC2c3cc(F)c(NC(=O)C4(c5ccc6c(c5)OC(F)(F)O6)CC4)cc3CC21. The van der Waals surface area contributed by atoms with Gasteiger partial charge in [0.2, 0.25) is 5.91 Å². The fourth-order valence-corrected chi connectivity index (χ4v) is 6.11. The molecule has 2 heterocycles. The van der Waals surface area contributed by atoms with E-state index in [9.17, 15) is 23.8 Å². The number of aliphatic hydroxyl groups is 2. The molecule has 2 fully saturated rings. The summed E-state index contributed by atoms with van der Waals surface area (Å²) in [6, 6.07) is 7.32. The number of anilines is 1. The average molecular weight is 505 g/mol. The molecule has 2 aliphatic heterocycles. The summed E-state index contributed by atoms with van der Waals surface area (Å²) >= 11 is 0. The Labute approximate surface area is 205 Å². The van der Waals surface area contributed by atoms with E-state index in [0.717, 1.165) is 11.1 Å². The molecule has 7 nitrogen and oxygen atoms in total. The van der Waals surface area contributed by atoms with E-state index in [4.69, 9.17) is 4.74 Å². The molecule has 2 aromatic carbocycles. The molecule has 3 unspecified atom stereocenters. The van der Waals surface area contributed by atoms with Crippen LogP contribution in [-0.4, -0.2) is 47.3 Å². The zero-order chi connectivity index (χ0) is 25.5. The summed E-state index contributed by atoms with van der Waals surface area (Å²) in [5.41, 5.74) is 0.366. The van der Waals surface area contributed by atoms with E-state index in [-0.39, 0.29) is 42.2 Å². The van der Waals surface area contributed by atoms with Crippen LogP contribution in [0.5, 0.6) is 11.5 Å². The molecule has 2 aliphatic carbocycles. The van der Waals surface area contributed by atoms with Gasteiger partial charge in [-0.05, 0) is 79.5 Å². The Kier molecular flexibility index (Phi) is 5.13. The predicted molar refractivity (Wildman–Crippen MR) is 121 cm³/mol. The maximum atomic E-state index is 15.2. The van der Waals surface area contributed by atoms with Gasteiger partial charge in [-0.3, -0.25) is 4.79 Å². The highest BCUT2D eigenvalue weighted by Crippen LogP contribution is 2.54. The second-order valence-electron chi connectivity index (χ2n) is 10.4. The van der Waals surface area contributed by atoms with E-state index < -0.39 is 35.1 Å². The van der Waals surface area contributed by atoms with Crippen LogP contribution in [0.4, 0.5) is 18.9 Å². The number of carbonyl (C=O) groups excluding carboxylic acids is 1. The highest BCUT2D eigenvalue weighted by molar-refractivity contribution is 6.01. The number of nitrogens with one attached hydrogen (secondary N) is 1. The maximum Gasteiger partial charge on any atom is 0.586 e. The average Bonchev–Trinajstić information content (AvgIpc) is 3.49. The van der Waals surface area contributed by atoms with Gasteiger partial charge in [0.15, 0.2) is 11.5 Å². The lowest BCUT2D eigenvalue weighted by Gasteiger charge is -2.45. The molecule has 36 heavy (non-hydrogen) atoms. The standard InChI is InChI=1S/C26H26F3NO6/c1-24(12-32)18-6-13-7-20(19(27)10-16(13)17(18)9-15(11-31)34-24)30-23(33)25(4-5-25)14-2-3-21-22(8-14)36-26(28,29)35-21/h2-3,7-8,10,15,17-18,31-32H,4-6,9,11-12H2,1H3,(H,30,33)/t15-,17?,18?,24?/m1/s1. The first-order valence-electron chi connectivity index (χ1n) is 12.0. The summed E-state index contributed by atoms with van der Waals surface area (Å²) in [6.45, 7) is 1.38. The molecule has 3 N–H and O–H groups in total. The van der Waals surface area contributed by atoms with Gasteiger partial charge in [0.25, 0.3) is 0 Å². The smallest absolute Gasteiger partial charge is 0.395 e. The lowest BCUT2D eigenvalue weighted by Crippen LogP contribution is -2.51. The number of benzene rings is 2. The monoisotopic (exact) mass is 505 g/mol. The largest absolute Gasteiger partial charge is 0.586 e. The van der Waals surface area contributed by atoms with Crippen LogP contribution in [0.3, 0.4) is 0 Å². The minimum atomic E-state index is -3.75. The zero-order valence-electron chi connectivity index (χ0n) is 19.5. The van der Waals surface area contributed by atoms with Crippen molar-refractivity contribution >= 4 is 11.6 Å². The Bertz CT molecular complexity index is 1250. The lowest BCUT2D eigenvalue weighted by molar-refractivity contribution is -0.286. The van der Waals surface area contributed by atoms with Gasteiger partial charge >= 0.3 is 6.29 Å². The van der Waals surface area contributed by atoms with E-state index in [1.807, 2.05) is 0 Å². The third-order valence-electron chi connectivity index (χ3n) is 8.20. The minimum absolute atomic E-state index is 0.0428. The summed E-state index contributed by atoms with van der Waals surface area (Å²) in [7, 11) is 0. The normalized spacial score (nSPS) is 30.4. The first-order chi connectivity index (χ1) is 17.1. The van der Waals surface area contributed by atoms with Gasteiger partial charge in [-0.1, -0.05) is 6.07 Å². The molecule has 2 aromatic rings. The molecule has 1 saturated carbocycles. The number of hydrogen-bond donors (Lipinski definition) is 3. The molecule has 192 valence electrons. The Balaban J connectivity index is 1.25. The number of fused-ring (bicyclic) bond motifs is 4. The van der Waals surface area contributed by atoms with Gasteiger partial charge in [0, 0.05) is 5.92 Å². The van der Waals surface area contributed by atoms with Crippen molar-refractivity contribution < 1.29 is 42.4 Å². The van der Waals surface area contributed by atoms with Crippen LogP contribution >= 0.6 is 0 Å². The van der Waals surface area contributed by atoms with Gasteiger partial charge < -0.3 is 29.7 Å². The molecular formula is C26H26F3NO6. The van der Waals surface area contributed by atoms with Crippen molar-refractivity contribution in [3.05, 3.63) is 52.8 Å². The third kappa shape index (κ3) is 3.57. The lowest BCUT2D eigenvalue weighted by atomic mass is 9.75. The highest BCUT2D eigenvalue weighted by Gasteiger charge is 2.54. The van der Waals surface area contributed by atoms with Crippen molar-refractivity contribution in [1.29, 1.82) is 0 Å². The van der Waals surface area contributed by atoms with Crippen molar-refractivity contribution in [2.75, 3.05) is 18.5 Å². The van der Waals surface area contributed by atoms with Gasteiger partial charge in [0.1, 0.15) is 5.82 Å². The van der Waals surface area contributed by atoms with Gasteiger partial charge in [-0.15, -0.1) is 8.78 Å². The van der Waals surface area contributed by atoms with Crippen molar-refractivity contribution in [3.8, 4) is 11.5 Å². The van der Waals surface area contributed by atoms with E-state index in [1.165, 1.54) is 18.2 Å².